The molecule has 0 aliphatic carbocycles. The van der Waals surface area contributed by atoms with Gasteiger partial charge in [0.1, 0.15) is 5.82 Å². The second-order valence-electron chi connectivity index (χ2n) is 3.24. The summed E-state index contributed by atoms with van der Waals surface area (Å²) in [5.74, 6) is -0.634. The summed E-state index contributed by atoms with van der Waals surface area (Å²) in [7, 11) is 0. The topological polar surface area (TPSA) is 94.0 Å². The SMILES string of the molecule is NC(=O)c1cc(NCCSC(F)(F)F)ncc1N. The van der Waals surface area contributed by atoms with Gasteiger partial charge >= 0.3 is 5.51 Å². The van der Waals surface area contributed by atoms with E-state index >= 15 is 0 Å². The number of primary amides is 1. The summed E-state index contributed by atoms with van der Waals surface area (Å²) >= 11 is -0.140. The third-order valence-electron chi connectivity index (χ3n) is 1.87. The molecule has 0 unspecified atom stereocenters. The van der Waals surface area contributed by atoms with Crippen molar-refractivity contribution in [2.75, 3.05) is 23.3 Å². The maximum atomic E-state index is 11.8. The Morgan fingerprint density at radius 2 is 2.17 bits per heavy atom. The average Bonchev–Trinajstić information content (AvgIpc) is 2.24. The number of nitrogens with two attached hydrogens (primary N) is 2. The maximum absolute atomic E-state index is 11.8. The molecule has 0 bridgehead atoms. The molecule has 0 saturated carbocycles. The molecular weight excluding hydrogens is 269 g/mol. The number of anilines is 2. The monoisotopic (exact) mass is 280 g/mol. The minimum atomic E-state index is -4.26. The molecule has 0 fully saturated rings. The van der Waals surface area contributed by atoms with Gasteiger partial charge in [-0.2, -0.15) is 13.2 Å². The second kappa shape index (κ2) is 5.80. The van der Waals surface area contributed by atoms with Crippen molar-refractivity contribution in [2.24, 2.45) is 5.73 Å². The fourth-order valence-corrected chi connectivity index (χ4v) is 1.56. The van der Waals surface area contributed by atoms with E-state index in [2.05, 4.69) is 10.3 Å². The summed E-state index contributed by atoms with van der Waals surface area (Å²) in [4.78, 5) is 14.8. The minimum Gasteiger partial charge on any atom is -0.397 e. The maximum Gasteiger partial charge on any atom is 0.441 e. The number of pyridine rings is 1. The molecule has 1 heterocycles. The van der Waals surface area contributed by atoms with Gasteiger partial charge in [-0.1, -0.05) is 0 Å². The number of nitrogens with zero attached hydrogens (tertiary/aromatic N) is 1. The number of rotatable bonds is 5. The van der Waals surface area contributed by atoms with E-state index in [1.54, 1.807) is 0 Å². The number of hydrogen-bond acceptors (Lipinski definition) is 5. The Hall–Kier alpha value is -1.64. The molecule has 0 saturated heterocycles. The predicted molar refractivity (Wildman–Crippen MR) is 64.2 cm³/mol. The van der Waals surface area contributed by atoms with Crippen LogP contribution in [0.25, 0.3) is 0 Å². The predicted octanol–water partition coefficient (Wildman–Crippen LogP) is 1.43. The van der Waals surface area contributed by atoms with Crippen molar-refractivity contribution >= 4 is 29.2 Å². The highest BCUT2D eigenvalue weighted by atomic mass is 32.2. The first-order valence-corrected chi connectivity index (χ1v) is 5.78. The van der Waals surface area contributed by atoms with Crippen LogP contribution in [0.3, 0.4) is 0 Å². The molecule has 0 aliphatic heterocycles. The Bertz CT molecular complexity index is 438. The first-order chi connectivity index (χ1) is 8.29. The van der Waals surface area contributed by atoms with Crippen LogP contribution >= 0.6 is 11.8 Å². The van der Waals surface area contributed by atoms with E-state index in [9.17, 15) is 18.0 Å². The molecule has 1 aromatic rings. The Morgan fingerprint density at radius 1 is 1.50 bits per heavy atom. The highest BCUT2D eigenvalue weighted by Crippen LogP contribution is 2.29. The molecule has 1 amide bonds. The fraction of sp³-hybridized carbons (Fsp3) is 0.333. The Balaban J connectivity index is 2.53. The number of nitrogen functional groups attached to an aromatic ring is 1. The number of nitrogens with one attached hydrogen (secondary N) is 1. The molecule has 0 spiro atoms. The van der Waals surface area contributed by atoms with E-state index in [1.807, 2.05) is 0 Å². The van der Waals surface area contributed by atoms with Crippen LogP contribution in [0.15, 0.2) is 12.3 Å². The Labute approximate surface area is 105 Å². The van der Waals surface area contributed by atoms with Crippen LogP contribution in [0.4, 0.5) is 24.7 Å². The lowest BCUT2D eigenvalue weighted by Crippen LogP contribution is -2.15. The van der Waals surface area contributed by atoms with E-state index in [-0.39, 0.29) is 41.1 Å². The van der Waals surface area contributed by atoms with E-state index in [1.165, 1.54) is 12.3 Å². The zero-order valence-corrected chi connectivity index (χ0v) is 9.94. The first kappa shape index (κ1) is 14.4. The molecule has 1 rings (SSSR count). The van der Waals surface area contributed by atoms with Gasteiger partial charge in [-0.25, -0.2) is 4.98 Å². The van der Waals surface area contributed by atoms with Crippen LogP contribution in [0.1, 0.15) is 10.4 Å². The van der Waals surface area contributed by atoms with Crippen molar-refractivity contribution in [3.05, 3.63) is 17.8 Å². The highest BCUT2D eigenvalue weighted by molar-refractivity contribution is 8.00. The van der Waals surface area contributed by atoms with Gasteiger partial charge in [-0.15, -0.1) is 0 Å². The van der Waals surface area contributed by atoms with E-state index in [0.29, 0.717) is 0 Å². The summed E-state index contributed by atoms with van der Waals surface area (Å²) in [6, 6.07) is 1.30. The first-order valence-electron chi connectivity index (χ1n) is 4.79. The van der Waals surface area contributed by atoms with Crippen LogP contribution in [0.2, 0.25) is 0 Å². The molecular formula is C9H11F3N4OS. The summed E-state index contributed by atoms with van der Waals surface area (Å²) in [5.41, 5.74) is 6.47. The number of amides is 1. The van der Waals surface area contributed by atoms with Gasteiger partial charge in [0.05, 0.1) is 17.4 Å². The normalized spacial score (nSPS) is 11.3. The van der Waals surface area contributed by atoms with Crippen LogP contribution in [0.5, 0.6) is 0 Å². The standard InChI is InChI=1S/C9H11F3N4OS/c10-9(11,12)18-2-1-15-7-3-5(8(14)17)6(13)4-16-7/h3-4H,1-2,13H2,(H2,14,17)(H,15,16). The van der Waals surface area contributed by atoms with Gasteiger partial charge < -0.3 is 16.8 Å². The Kier molecular flexibility index (Phi) is 4.65. The lowest BCUT2D eigenvalue weighted by Gasteiger charge is -2.09. The van der Waals surface area contributed by atoms with Gasteiger partial charge in [-0.3, -0.25) is 4.79 Å². The molecule has 0 radical (unpaired) electrons. The third kappa shape index (κ3) is 4.70. The van der Waals surface area contributed by atoms with Crippen LogP contribution < -0.4 is 16.8 Å². The van der Waals surface area contributed by atoms with Crippen molar-refractivity contribution in [3.63, 3.8) is 0 Å². The number of alkyl halides is 3. The number of halogens is 3. The fourth-order valence-electron chi connectivity index (χ4n) is 1.12. The van der Waals surface area contributed by atoms with Crippen molar-refractivity contribution in [1.29, 1.82) is 0 Å². The summed E-state index contributed by atoms with van der Waals surface area (Å²) < 4.78 is 35.5. The van der Waals surface area contributed by atoms with Gasteiger partial charge in [0.15, 0.2) is 0 Å². The minimum absolute atomic E-state index is 0.0549. The Morgan fingerprint density at radius 3 is 2.72 bits per heavy atom. The number of carbonyl (C=O) groups is 1. The lowest BCUT2D eigenvalue weighted by atomic mass is 10.2. The summed E-state index contributed by atoms with van der Waals surface area (Å²) in [6.07, 6.45) is 1.22. The number of thioether (sulfide) groups is 1. The average molecular weight is 280 g/mol. The largest absolute Gasteiger partial charge is 0.441 e. The molecule has 9 heteroatoms. The van der Waals surface area contributed by atoms with Gasteiger partial charge in [0.2, 0.25) is 0 Å². The van der Waals surface area contributed by atoms with E-state index in [4.69, 9.17) is 11.5 Å². The molecule has 0 atom stereocenters. The van der Waals surface area contributed by atoms with Gasteiger partial charge in [-0.05, 0) is 17.8 Å². The third-order valence-corrected chi connectivity index (χ3v) is 2.61. The lowest BCUT2D eigenvalue weighted by molar-refractivity contribution is -0.0327. The quantitative estimate of drug-likeness (QED) is 0.709. The molecule has 1 aromatic heterocycles. The second-order valence-corrected chi connectivity index (χ2v) is 4.40. The molecule has 18 heavy (non-hydrogen) atoms. The molecule has 100 valence electrons. The van der Waals surface area contributed by atoms with Crippen molar-refractivity contribution in [1.82, 2.24) is 4.98 Å². The molecule has 0 aromatic carbocycles. The number of hydrogen-bond donors (Lipinski definition) is 3. The van der Waals surface area contributed by atoms with Crippen molar-refractivity contribution < 1.29 is 18.0 Å². The molecule has 0 aliphatic rings. The highest BCUT2D eigenvalue weighted by Gasteiger charge is 2.27. The number of carbonyl (C=O) groups excluding carboxylic acids is 1. The zero-order chi connectivity index (χ0) is 13.8. The van der Waals surface area contributed by atoms with E-state index < -0.39 is 11.4 Å². The molecule has 5 N–H and O–H groups in total. The van der Waals surface area contributed by atoms with E-state index in [0.717, 1.165) is 0 Å². The number of aromatic nitrogens is 1. The van der Waals surface area contributed by atoms with Crippen molar-refractivity contribution in [3.8, 4) is 0 Å². The zero-order valence-electron chi connectivity index (χ0n) is 9.12. The van der Waals surface area contributed by atoms with Crippen molar-refractivity contribution in [2.45, 2.75) is 5.51 Å². The van der Waals surface area contributed by atoms with Gasteiger partial charge in [0.25, 0.3) is 5.91 Å². The molecule has 5 nitrogen and oxygen atoms in total. The summed E-state index contributed by atoms with van der Waals surface area (Å²) in [6.45, 7) is 0.0549. The van der Waals surface area contributed by atoms with Crippen LogP contribution in [-0.4, -0.2) is 28.7 Å². The van der Waals surface area contributed by atoms with Gasteiger partial charge in [0, 0.05) is 12.3 Å². The van der Waals surface area contributed by atoms with Crippen LogP contribution in [0, 0.1) is 0 Å². The van der Waals surface area contributed by atoms with Crippen LogP contribution in [-0.2, 0) is 0 Å². The summed E-state index contributed by atoms with van der Waals surface area (Å²) in [5, 5.41) is 2.64. The smallest absolute Gasteiger partial charge is 0.397 e.